The van der Waals surface area contributed by atoms with Crippen LogP contribution in [0, 0.1) is 0 Å². The molecule has 0 bridgehead atoms. The van der Waals surface area contributed by atoms with Gasteiger partial charge in [0.25, 0.3) is 5.56 Å². The van der Waals surface area contributed by atoms with Crippen LogP contribution >= 0.6 is 11.3 Å². The van der Waals surface area contributed by atoms with E-state index < -0.39 is 23.2 Å². The number of alkyl halides is 3. The lowest BCUT2D eigenvalue weighted by atomic mass is 10.1. The first-order valence-corrected chi connectivity index (χ1v) is 10.6. The maximum absolute atomic E-state index is 12.9. The molecule has 0 saturated heterocycles. The van der Waals surface area contributed by atoms with Crippen molar-refractivity contribution in [3.63, 3.8) is 0 Å². The van der Waals surface area contributed by atoms with Crippen molar-refractivity contribution >= 4 is 39.7 Å². The van der Waals surface area contributed by atoms with Gasteiger partial charge in [-0.2, -0.15) is 27.8 Å². The number of halogens is 3. The summed E-state index contributed by atoms with van der Waals surface area (Å²) >= 11 is 0.958. The Balaban J connectivity index is 1.80. The predicted octanol–water partition coefficient (Wildman–Crippen LogP) is 2.29. The first-order chi connectivity index (χ1) is 16.0. The van der Waals surface area contributed by atoms with E-state index in [0.29, 0.717) is 0 Å². The van der Waals surface area contributed by atoms with E-state index >= 15 is 0 Å². The highest BCUT2D eigenvalue weighted by Gasteiger charge is 2.39. The average molecular weight is 487 g/mol. The van der Waals surface area contributed by atoms with Crippen LogP contribution in [0.4, 0.5) is 24.5 Å². The largest absolute Gasteiger partial charge is 0.471 e. The van der Waals surface area contributed by atoms with Gasteiger partial charge in [0.05, 0.1) is 10.2 Å². The number of para-hydroxylation sites is 1. The van der Waals surface area contributed by atoms with Crippen molar-refractivity contribution < 1.29 is 18.0 Å². The Morgan fingerprint density at radius 1 is 1.09 bits per heavy atom. The van der Waals surface area contributed by atoms with Crippen LogP contribution in [-0.2, 0) is 4.79 Å². The number of carbonyl (C=O) groups is 1. The molecule has 0 spiro atoms. The van der Waals surface area contributed by atoms with Crippen LogP contribution in [0.25, 0.3) is 22.3 Å². The van der Waals surface area contributed by atoms with Gasteiger partial charge in [-0.25, -0.2) is 0 Å². The molecular weight excluding hydrogens is 471 g/mol. The van der Waals surface area contributed by atoms with Crippen LogP contribution in [0.1, 0.15) is 5.56 Å². The monoisotopic (exact) mass is 487 g/mol. The van der Waals surface area contributed by atoms with Crippen molar-refractivity contribution in [3.8, 4) is 11.3 Å². The van der Waals surface area contributed by atoms with Crippen molar-refractivity contribution in [1.29, 1.82) is 0 Å². The predicted molar refractivity (Wildman–Crippen MR) is 123 cm³/mol. The summed E-state index contributed by atoms with van der Waals surface area (Å²) in [4.78, 5) is 42.8. The molecule has 0 aliphatic heterocycles. The topological polar surface area (TPSA) is 96.7 Å². The van der Waals surface area contributed by atoms with E-state index in [1.54, 1.807) is 11.4 Å². The van der Waals surface area contributed by atoms with E-state index in [4.69, 9.17) is 0 Å². The summed E-state index contributed by atoms with van der Waals surface area (Å²) in [7, 11) is 3.80. The third kappa shape index (κ3) is 4.53. The van der Waals surface area contributed by atoms with Gasteiger partial charge in [-0.15, -0.1) is 0 Å². The number of amides is 1. The second-order valence-corrected chi connectivity index (χ2v) is 8.37. The number of nitrogens with zero attached hydrogens (tertiary/aromatic N) is 4. The zero-order valence-electron chi connectivity index (χ0n) is 17.8. The number of anilines is 2. The zero-order valence-corrected chi connectivity index (χ0v) is 18.6. The fourth-order valence-corrected chi connectivity index (χ4v) is 3.99. The minimum atomic E-state index is -5.12. The summed E-state index contributed by atoms with van der Waals surface area (Å²) in [6, 6.07) is 12.8. The molecule has 0 aliphatic rings. The molecule has 4 rings (SSSR count). The van der Waals surface area contributed by atoms with Gasteiger partial charge in [0.2, 0.25) is 4.96 Å². The summed E-state index contributed by atoms with van der Waals surface area (Å²) in [6.45, 7) is 0. The molecule has 2 aromatic carbocycles. The molecule has 4 aromatic rings. The lowest BCUT2D eigenvalue weighted by molar-refractivity contribution is -0.167. The summed E-state index contributed by atoms with van der Waals surface area (Å²) in [5.74, 6) is -2.20. The number of hydrogen-bond donors (Lipinski definition) is 1. The smallest absolute Gasteiger partial charge is 0.378 e. The number of hydrogen-bond acceptors (Lipinski definition) is 7. The Hall–Kier alpha value is -4.06. The number of carbonyl (C=O) groups excluding carboxylic acids is 1. The molecule has 0 saturated carbocycles. The Morgan fingerprint density at radius 3 is 2.41 bits per heavy atom. The van der Waals surface area contributed by atoms with Gasteiger partial charge in [-0.1, -0.05) is 41.7 Å². The van der Waals surface area contributed by atoms with Crippen molar-refractivity contribution in [2.45, 2.75) is 6.18 Å². The highest BCUT2D eigenvalue weighted by molar-refractivity contribution is 7.15. The Morgan fingerprint density at radius 2 is 1.76 bits per heavy atom. The molecule has 1 N–H and O–H groups in total. The van der Waals surface area contributed by atoms with E-state index in [1.165, 1.54) is 24.3 Å². The van der Waals surface area contributed by atoms with Crippen LogP contribution in [-0.4, -0.2) is 40.8 Å². The van der Waals surface area contributed by atoms with Crippen LogP contribution < -0.4 is 25.9 Å². The van der Waals surface area contributed by atoms with E-state index in [-0.39, 0.29) is 26.4 Å². The highest BCUT2D eigenvalue weighted by Crippen LogP contribution is 2.26. The van der Waals surface area contributed by atoms with Crippen LogP contribution in [0.15, 0.2) is 58.1 Å². The van der Waals surface area contributed by atoms with Gasteiger partial charge in [0.1, 0.15) is 0 Å². The molecule has 8 nitrogen and oxygen atoms in total. The maximum Gasteiger partial charge on any atom is 0.471 e. The van der Waals surface area contributed by atoms with Gasteiger partial charge in [0.15, 0.2) is 5.69 Å². The number of fused-ring (bicyclic) bond motifs is 1. The second-order valence-electron chi connectivity index (χ2n) is 7.36. The number of aromatic nitrogens is 3. The zero-order chi connectivity index (χ0) is 24.6. The molecular formula is C22H16F3N5O3S. The first kappa shape index (κ1) is 23.1. The average Bonchev–Trinajstić information content (AvgIpc) is 3.07. The van der Waals surface area contributed by atoms with Gasteiger partial charge in [-0.3, -0.25) is 14.4 Å². The minimum Gasteiger partial charge on any atom is -0.378 e. The molecule has 0 fully saturated rings. The summed E-state index contributed by atoms with van der Waals surface area (Å²) in [6.07, 6.45) is -3.49. The second kappa shape index (κ2) is 8.71. The lowest BCUT2D eigenvalue weighted by Gasteiger charge is -2.11. The highest BCUT2D eigenvalue weighted by atomic mass is 32.1. The molecule has 174 valence electrons. The summed E-state index contributed by atoms with van der Waals surface area (Å²) < 4.78 is 39.3. The number of rotatable bonds is 4. The third-order valence-electron chi connectivity index (χ3n) is 4.78. The van der Waals surface area contributed by atoms with Crippen molar-refractivity contribution in [2.24, 2.45) is 0 Å². The third-order valence-corrected chi connectivity index (χ3v) is 5.74. The Labute approximate surface area is 193 Å². The van der Waals surface area contributed by atoms with Crippen molar-refractivity contribution in [2.75, 3.05) is 24.3 Å². The van der Waals surface area contributed by atoms with E-state index in [9.17, 15) is 27.6 Å². The Bertz CT molecular complexity index is 1560. The van der Waals surface area contributed by atoms with E-state index in [0.717, 1.165) is 27.1 Å². The molecule has 0 atom stereocenters. The first-order valence-electron chi connectivity index (χ1n) is 9.75. The number of thiazole rings is 1. The Kier molecular flexibility index (Phi) is 5.92. The molecule has 2 heterocycles. The van der Waals surface area contributed by atoms with Crippen molar-refractivity contribution in [1.82, 2.24) is 14.6 Å². The fourth-order valence-electron chi connectivity index (χ4n) is 3.09. The van der Waals surface area contributed by atoms with Gasteiger partial charge >= 0.3 is 17.6 Å². The van der Waals surface area contributed by atoms with Gasteiger partial charge in [-0.05, 0) is 29.8 Å². The molecule has 2 aromatic heterocycles. The van der Waals surface area contributed by atoms with Crippen molar-refractivity contribution in [3.05, 3.63) is 79.3 Å². The van der Waals surface area contributed by atoms with Gasteiger partial charge in [0, 0.05) is 25.3 Å². The molecule has 0 radical (unpaired) electrons. The maximum atomic E-state index is 12.9. The van der Waals surface area contributed by atoms with Crippen LogP contribution in [0.5, 0.6) is 0 Å². The quantitative estimate of drug-likeness (QED) is 0.475. The normalized spacial score (nSPS) is 12.2. The fraction of sp³-hybridized carbons (Fsp3) is 0.136. The summed E-state index contributed by atoms with van der Waals surface area (Å²) in [5, 5.41) is 5.78. The van der Waals surface area contributed by atoms with E-state index in [1.807, 2.05) is 43.3 Å². The SMILES string of the molecule is CN(C)c1ccc(/C=c2/sc3nc(=O)c(-c4ccccc4NC(=O)C(F)(F)F)nn3c2=O)cc1. The summed E-state index contributed by atoms with van der Waals surface area (Å²) in [5.41, 5.74) is -0.413. The van der Waals surface area contributed by atoms with Gasteiger partial charge < -0.3 is 10.2 Å². The molecule has 0 aliphatic carbocycles. The minimum absolute atomic E-state index is 0.0340. The number of nitrogens with one attached hydrogen (secondary N) is 1. The molecule has 12 heteroatoms. The lowest BCUT2D eigenvalue weighted by Crippen LogP contribution is -2.30. The standard InChI is InChI=1S/C22H16F3N5O3S/c1-29(2)13-9-7-12(8-10-13)11-16-19(32)30-21(34-16)27-18(31)17(28-30)14-5-3-4-6-15(14)26-20(33)22(23,24)25/h3-11H,1-2H3,(H,26,33)/b16-11+. The number of benzene rings is 2. The molecule has 0 unspecified atom stereocenters. The van der Waals surface area contributed by atoms with E-state index in [2.05, 4.69) is 10.1 Å². The molecule has 1 amide bonds. The van der Waals surface area contributed by atoms with Crippen LogP contribution in [0.3, 0.4) is 0 Å². The molecule has 34 heavy (non-hydrogen) atoms. The van der Waals surface area contributed by atoms with Crippen LogP contribution in [0.2, 0.25) is 0 Å².